The molecule has 13 nitrogen and oxygen atoms in total. The standard InChI is InChI=1S/C16H20N6O7S2/c1-16(2,3)13-12(14(17)22(20-13)6-7-30(23,24)25)18-19-15-10-5-4-9(31(26,27)28)8-11(10)29-21-15/h4-5,8H,6-7,17H2,1-3H3,(H,23,24,25)(H,26,27,28). The molecule has 3 aromatic rings. The number of anilines is 1. The number of nitrogen functional groups attached to an aromatic ring is 1. The summed E-state index contributed by atoms with van der Waals surface area (Å²) >= 11 is 0. The lowest BCUT2D eigenvalue weighted by molar-refractivity contribution is 0.456. The van der Waals surface area contributed by atoms with Gasteiger partial charge in [-0.3, -0.25) is 9.11 Å². The SMILES string of the molecule is CC(C)(C)c1nn(CCS(=O)(=O)O)c(N)c1N=Nc1noc2cc(S(=O)(=O)O)ccc12. The van der Waals surface area contributed by atoms with Gasteiger partial charge >= 0.3 is 0 Å². The van der Waals surface area contributed by atoms with Crippen LogP contribution in [0.4, 0.5) is 17.3 Å². The molecule has 0 aliphatic rings. The number of aromatic nitrogens is 3. The lowest BCUT2D eigenvalue weighted by Crippen LogP contribution is -2.16. The van der Waals surface area contributed by atoms with E-state index in [1.807, 2.05) is 20.8 Å². The van der Waals surface area contributed by atoms with Crippen LogP contribution in [0.3, 0.4) is 0 Å². The third-order valence-electron chi connectivity index (χ3n) is 4.20. The van der Waals surface area contributed by atoms with Gasteiger partial charge in [0.25, 0.3) is 20.2 Å². The van der Waals surface area contributed by atoms with Crippen molar-refractivity contribution < 1.29 is 30.5 Å². The van der Waals surface area contributed by atoms with E-state index in [1.54, 1.807) is 0 Å². The summed E-state index contributed by atoms with van der Waals surface area (Å²) in [5.74, 6) is -0.510. The Bertz CT molecular complexity index is 1380. The van der Waals surface area contributed by atoms with E-state index in [-0.39, 0.29) is 34.3 Å². The summed E-state index contributed by atoms with van der Waals surface area (Å²) in [6.45, 7) is 5.37. The molecule has 0 saturated heterocycles. The third-order valence-corrected chi connectivity index (χ3v) is 5.75. The lowest BCUT2D eigenvalue weighted by atomic mass is 9.91. The van der Waals surface area contributed by atoms with Gasteiger partial charge in [-0.05, 0) is 12.1 Å². The van der Waals surface area contributed by atoms with Crippen LogP contribution >= 0.6 is 0 Å². The second-order valence-corrected chi connectivity index (χ2v) is 10.7. The summed E-state index contributed by atoms with van der Waals surface area (Å²) in [5.41, 5.74) is 6.25. The lowest BCUT2D eigenvalue weighted by Gasteiger charge is -2.15. The number of fused-ring (bicyclic) bond motifs is 1. The van der Waals surface area contributed by atoms with E-state index >= 15 is 0 Å². The van der Waals surface area contributed by atoms with Crippen molar-refractivity contribution in [2.24, 2.45) is 10.2 Å². The van der Waals surface area contributed by atoms with Gasteiger partial charge < -0.3 is 10.3 Å². The zero-order valence-corrected chi connectivity index (χ0v) is 18.3. The number of hydrogen-bond acceptors (Lipinski definition) is 10. The van der Waals surface area contributed by atoms with Crippen LogP contribution in [0.15, 0.2) is 37.8 Å². The fourth-order valence-electron chi connectivity index (χ4n) is 2.68. The molecule has 31 heavy (non-hydrogen) atoms. The van der Waals surface area contributed by atoms with E-state index in [0.717, 1.165) is 12.1 Å². The molecule has 0 aliphatic heterocycles. The van der Waals surface area contributed by atoms with Gasteiger partial charge in [-0.1, -0.05) is 25.9 Å². The smallest absolute Gasteiger partial charge is 0.294 e. The first-order valence-corrected chi connectivity index (χ1v) is 11.8. The third kappa shape index (κ3) is 5.07. The highest BCUT2D eigenvalue weighted by Gasteiger charge is 2.27. The highest BCUT2D eigenvalue weighted by molar-refractivity contribution is 7.86. The van der Waals surface area contributed by atoms with Crippen molar-refractivity contribution in [1.29, 1.82) is 0 Å². The fraction of sp³-hybridized carbons (Fsp3) is 0.375. The molecule has 2 heterocycles. The van der Waals surface area contributed by atoms with E-state index in [0.29, 0.717) is 11.1 Å². The summed E-state index contributed by atoms with van der Waals surface area (Å²) in [6, 6.07) is 3.61. The first kappa shape index (κ1) is 22.8. The Labute approximate surface area is 177 Å². The molecule has 3 rings (SSSR count). The van der Waals surface area contributed by atoms with Crippen molar-refractivity contribution in [3.8, 4) is 0 Å². The molecule has 4 N–H and O–H groups in total. The van der Waals surface area contributed by atoms with Gasteiger partial charge in [0.15, 0.2) is 11.3 Å². The van der Waals surface area contributed by atoms with E-state index in [4.69, 9.17) is 19.4 Å². The number of benzene rings is 1. The molecule has 0 radical (unpaired) electrons. The molecule has 2 aromatic heterocycles. The molecule has 168 valence electrons. The van der Waals surface area contributed by atoms with Gasteiger partial charge in [0, 0.05) is 11.5 Å². The molecule has 0 aliphatic carbocycles. The van der Waals surface area contributed by atoms with E-state index < -0.39 is 31.4 Å². The quantitative estimate of drug-likeness (QED) is 0.353. The Morgan fingerprint density at radius 3 is 2.42 bits per heavy atom. The van der Waals surface area contributed by atoms with Crippen molar-refractivity contribution in [3.63, 3.8) is 0 Å². The minimum atomic E-state index is -4.41. The minimum Gasteiger partial charge on any atom is -0.382 e. The second kappa shape index (κ2) is 7.67. The zero-order valence-electron chi connectivity index (χ0n) is 16.7. The normalized spacial score (nSPS) is 13.5. The van der Waals surface area contributed by atoms with Gasteiger partial charge in [-0.25, -0.2) is 4.68 Å². The average molecular weight is 473 g/mol. The summed E-state index contributed by atoms with van der Waals surface area (Å²) < 4.78 is 69.0. The van der Waals surface area contributed by atoms with Crippen LogP contribution in [0.25, 0.3) is 11.0 Å². The monoisotopic (exact) mass is 472 g/mol. The predicted octanol–water partition coefficient (Wildman–Crippen LogP) is 2.45. The van der Waals surface area contributed by atoms with Crippen molar-refractivity contribution in [3.05, 3.63) is 23.9 Å². The first-order chi connectivity index (χ1) is 14.2. The molecule has 0 amide bonds. The van der Waals surface area contributed by atoms with E-state index in [1.165, 1.54) is 10.7 Å². The topological polar surface area (TPSA) is 203 Å². The largest absolute Gasteiger partial charge is 0.382 e. The van der Waals surface area contributed by atoms with Crippen LogP contribution in [-0.2, 0) is 32.2 Å². The van der Waals surface area contributed by atoms with Crippen LogP contribution in [0.1, 0.15) is 26.5 Å². The number of nitrogens with two attached hydrogens (primary N) is 1. The molecule has 0 bridgehead atoms. The molecule has 0 atom stereocenters. The summed E-state index contributed by atoms with van der Waals surface area (Å²) in [7, 11) is -8.63. The zero-order chi connectivity index (χ0) is 23.2. The number of hydrogen-bond donors (Lipinski definition) is 3. The molecular formula is C16H20N6O7S2. The Morgan fingerprint density at radius 2 is 1.84 bits per heavy atom. The molecular weight excluding hydrogens is 452 g/mol. The molecule has 0 spiro atoms. The first-order valence-electron chi connectivity index (χ1n) is 8.77. The van der Waals surface area contributed by atoms with E-state index in [9.17, 15) is 16.8 Å². The van der Waals surface area contributed by atoms with Crippen molar-refractivity contribution in [2.75, 3.05) is 11.5 Å². The van der Waals surface area contributed by atoms with Crippen molar-refractivity contribution >= 4 is 48.5 Å². The van der Waals surface area contributed by atoms with E-state index in [2.05, 4.69) is 20.5 Å². The summed E-state index contributed by atoms with van der Waals surface area (Å²) in [6.07, 6.45) is 0. The maximum atomic E-state index is 11.3. The summed E-state index contributed by atoms with van der Waals surface area (Å²) in [4.78, 5) is -0.362. The van der Waals surface area contributed by atoms with Gasteiger partial charge in [0.05, 0.1) is 28.3 Å². The molecule has 1 aromatic carbocycles. The summed E-state index contributed by atoms with van der Waals surface area (Å²) in [5, 5.41) is 16.5. The maximum Gasteiger partial charge on any atom is 0.294 e. The van der Waals surface area contributed by atoms with Gasteiger partial charge in [0.2, 0.25) is 5.82 Å². The molecule has 0 fully saturated rings. The van der Waals surface area contributed by atoms with Crippen molar-refractivity contribution in [1.82, 2.24) is 14.9 Å². The molecule has 15 heteroatoms. The van der Waals surface area contributed by atoms with Crippen LogP contribution in [0.5, 0.6) is 0 Å². The Morgan fingerprint density at radius 1 is 1.16 bits per heavy atom. The number of rotatable bonds is 6. The maximum absolute atomic E-state index is 11.3. The Balaban J connectivity index is 2.02. The number of azo groups is 1. The van der Waals surface area contributed by atoms with Crippen LogP contribution in [0.2, 0.25) is 0 Å². The fourth-order valence-corrected chi connectivity index (χ4v) is 3.58. The molecule has 0 unspecified atom stereocenters. The average Bonchev–Trinajstić information content (AvgIpc) is 3.17. The Kier molecular flexibility index (Phi) is 5.64. The van der Waals surface area contributed by atoms with Crippen molar-refractivity contribution in [2.45, 2.75) is 37.6 Å². The predicted molar refractivity (Wildman–Crippen MR) is 110 cm³/mol. The van der Waals surface area contributed by atoms with Crippen LogP contribution in [0, 0.1) is 0 Å². The molecule has 0 saturated carbocycles. The number of aryl methyl sites for hydroxylation is 1. The Hall–Kier alpha value is -2.88. The van der Waals surface area contributed by atoms with Gasteiger partial charge in [0.1, 0.15) is 5.82 Å². The van der Waals surface area contributed by atoms with Gasteiger partial charge in [-0.15, -0.1) is 10.2 Å². The highest BCUT2D eigenvalue weighted by Crippen LogP contribution is 2.37. The van der Waals surface area contributed by atoms with Crippen LogP contribution < -0.4 is 5.73 Å². The van der Waals surface area contributed by atoms with Crippen LogP contribution in [-0.4, -0.2) is 46.6 Å². The minimum absolute atomic E-state index is 0.0295. The number of nitrogens with zero attached hydrogens (tertiary/aromatic N) is 5. The highest BCUT2D eigenvalue weighted by atomic mass is 32.2. The second-order valence-electron chi connectivity index (χ2n) is 7.68. The van der Waals surface area contributed by atoms with Gasteiger partial charge in [-0.2, -0.15) is 21.9 Å².